The highest BCUT2D eigenvalue weighted by molar-refractivity contribution is 7.91. The van der Waals surface area contributed by atoms with E-state index in [-0.39, 0.29) is 17.5 Å². The lowest BCUT2D eigenvalue weighted by molar-refractivity contribution is 0.599. The van der Waals surface area contributed by atoms with E-state index in [0.717, 1.165) is 31.7 Å². The number of anilines is 2. The van der Waals surface area contributed by atoms with Crippen LogP contribution < -0.4 is 9.80 Å². The monoisotopic (exact) mass is 340 g/mol. The SMILES string of the molecule is CCCN(CCC)c1ccnc(N(CC)C2CCS(=O)(=O)C2)n1. The van der Waals surface area contributed by atoms with Gasteiger partial charge in [-0.15, -0.1) is 0 Å². The van der Waals surface area contributed by atoms with E-state index in [4.69, 9.17) is 4.98 Å². The lowest BCUT2D eigenvalue weighted by Crippen LogP contribution is -2.37. The van der Waals surface area contributed by atoms with Gasteiger partial charge in [0.15, 0.2) is 9.84 Å². The number of aromatic nitrogens is 2. The Balaban J connectivity index is 2.22. The molecule has 1 aliphatic heterocycles. The fourth-order valence-corrected chi connectivity index (χ4v) is 4.85. The molecule has 23 heavy (non-hydrogen) atoms. The van der Waals surface area contributed by atoms with E-state index < -0.39 is 9.84 Å². The maximum Gasteiger partial charge on any atom is 0.227 e. The minimum absolute atomic E-state index is 0.00829. The molecule has 7 heteroatoms. The molecule has 1 fully saturated rings. The topological polar surface area (TPSA) is 66.4 Å². The van der Waals surface area contributed by atoms with Gasteiger partial charge in [0.1, 0.15) is 5.82 Å². The maximum atomic E-state index is 11.8. The first-order valence-corrected chi connectivity index (χ1v) is 10.4. The molecule has 0 aromatic carbocycles. The molecule has 2 rings (SSSR count). The van der Waals surface area contributed by atoms with Crippen molar-refractivity contribution >= 4 is 21.6 Å². The van der Waals surface area contributed by atoms with E-state index in [1.54, 1.807) is 6.20 Å². The Kier molecular flexibility index (Phi) is 6.21. The summed E-state index contributed by atoms with van der Waals surface area (Å²) in [5, 5.41) is 0. The van der Waals surface area contributed by atoms with Gasteiger partial charge in [-0.2, -0.15) is 4.98 Å². The van der Waals surface area contributed by atoms with E-state index in [0.29, 0.717) is 18.9 Å². The molecule has 0 aliphatic carbocycles. The predicted octanol–water partition coefficient (Wildman–Crippen LogP) is 2.12. The van der Waals surface area contributed by atoms with Crippen LogP contribution in [-0.4, -0.2) is 55.6 Å². The van der Waals surface area contributed by atoms with Gasteiger partial charge in [-0.05, 0) is 32.3 Å². The summed E-state index contributed by atoms with van der Waals surface area (Å²) in [4.78, 5) is 13.4. The lowest BCUT2D eigenvalue weighted by atomic mass is 10.2. The second kappa shape index (κ2) is 7.95. The summed E-state index contributed by atoms with van der Waals surface area (Å²) in [5.41, 5.74) is 0. The first-order valence-electron chi connectivity index (χ1n) is 8.55. The summed E-state index contributed by atoms with van der Waals surface area (Å²) in [6, 6.07) is 1.93. The Hall–Kier alpha value is -1.37. The van der Waals surface area contributed by atoms with Crippen LogP contribution in [0.1, 0.15) is 40.0 Å². The fourth-order valence-electron chi connectivity index (χ4n) is 3.12. The summed E-state index contributed by atoms with van der Waals surface area (Å²) in [7, 11) is -2.91. The fraction of sp³-hybridized carbons (Fsp3) is 0.750. The van der Waals surface area contributed by atoms with Crippen LogP contribution in [0.2, 0.25) is 0 Å². The van der Waals surface area contributed by atoms with E-state index in [2.05, 4.69) is 23.7 Å². The van der Waals surface area contributed by atoms with Gasteiger partial charge in [0.25, 0.3) is 0 Å². The van der Waals surface area contributed by atoms with E-state index in [1.807, 2.05) is 17.9 Å². The number of rotatable bonds is 8. The first kappa shape index (κ1) is 18.0. The van der Waals surface area contributed by atoms with E-state index in [1.165, 1.54) is 0 Å². The summed E-state index contributed by atoms with van der Waals surface area (Å²) >= 11 is 0. The predicted molar refractivity (Wildman–Crippen MR) is 94.9 cm³/mol. The molecule has 0 spiro atoms. The third-order valence-electron chi connectivity index (χ3n) is 4.19. The molecule has 0 radical (unpaired) electrons. The Morgan fingerprint density at radius 3 is 2.43 bits per heavy atom. The third kappa shape index (κ3) is 4.56. The quantitative estimate of drug-likeness (QED) is 0.722. The van der Waals surface area contributed by atoms with Crippen molar-refractivity contribution in [2.24, 2.45) is 0 Å². The van der Waals surface area contributed by atoms with Crippen molar-refractivity contribution in [2.75, 3.05) is 40.9 Å². The smallest absolute Gasteiger partial charge is 0.227 e. The molecule has 1 aromatic rings. The van der Waals surface area contributed by atoms with Crippen LogP contribution in [0.5, 0.6) is 0 Å². The Bertz CT molecular complexity index is 600. The van der Waals surface area contributed by atoms with Crippen molar-refractivity contribution in [2.45, 2.75) is 46.1 Å². The summed E-state index contributed by atoms with van der Waals surface area (Å²) in [6.07, 6.45) is 4.58. The van der Waals surface area contributed by atoms with Gasteiger partial charge in [-0.25, -0.2) is 13.4 Å². The molecule has 1 saturated heterocycles. The van der Waals surface area contributed by atoms with Crippen molar-refractivity contribution in [3.05, 3.63) is 12.3 Å². The molecule has 0 N–H and O–H groups in total. The number of nitrogens with zero attached hydrogens (tertiary/aromatic N) is 4. The zero-order valence-electron chi connectivity index (χ0n) is 14.4. The van der Waals surface area contributed by atoms with Gasteiger partial charge < -0.3 is 9.80 Å². The average Bonchev–Trinajstić information content (AvgIpc) is 2.88. The highest BCUT2D eigenvalue weighted by Gasteiger charge is 2.33. The molecule has 6 nitrogen and oxygen atoms in total. The van der Waals surface area contributed by atoms with Crippen LogP contribution in [-0.2, 0) is 9.84 Å². The largest absolute Gasteiger partial charge is 0.356 e. The standard InChI is InChI=1S/C16H28N4O2S/c1-4-10-19(11-5-2)15-7-9-17-16(18-15)20(6-3)14-8-12-23(21,22)13-14/h7,9,14H,4-6,8,10-13H2,1-3H3. The second-order valence-corrected chi connectivity index (χ2v) is 8.27. The van der Waals surface area contributed by atoms with Crippen LogP contribution >= 0.6 is 0 Å². The van der Waals surface area contributed by atoms with Crippen LogP contribution in [0.25, 0.3) is 0 Å². The molecule has 1 aliphatic rings. The molecule has 1 atom stereocenters. The summed E-state index contributed by atoms with van der Waals surface area (Å²) in [6.45, 7) is 8.99. The summed E-state index contributed by atoms with van der Waals surface area (Å²) < 4.78 is 23.5. The van der Waals surface area contributed by atoms with Gasteiger partial charge in [-0.1, -0.05) is 13.8 Å². The highest BCUT2D eigenvalue weighted by Crippen LogP contribution is 2.23. The van der Waals surface area contributed by atoms with Gasteiger partial charge in [0, 0.05) is 31.9 Å². The lowest BCUT2D eigenvalue weighted by Gasteiger charge is -2.28. The molecule has 1 aromatic heterocycles. The number of hydrogen-bond acceptors (Lipinski definition) is 6. The first-order chi connectivity index (χ1) is 11.0. The summed E-state index contributed by atoms with van der Waals surface area (Å²) in [5.74, 6) is 2.05. The average molecular weight is 340 g/mol. The van der Waals surface area contributed by atoms with E-state index >= 15 is 0 Å². The van der Waals surface area contributed by atoms with Crippen molar-refractivity contribution < 1.29 is 8.42 Å². The molecule has 2 heterocycles. The molecule has 130 valence electrons. The minimum atomic E-state index is -2.91. The Labute approximate surface area is 139 Å². The van der Waals surface area contributed by atoms with Gasteiger partial charge in [-0.3, -0.25) is 0 Å². The van der Waals surface area contributed by atoms with Gasteiger partial charge in [0.2, 0.25) is 5.95 Å². The molecule has 1 unspecified atom stereocenters. The van der Waals surface area contributed by atoms with Gasteiger partial charge >= 0.3 is 0 Å². The zero-order chi connectivity index (χ0) is 16.9. The van der Waals surface area contributed by atoms with Crippen molar-refractivity contribution in [1.29, 1.82) is 0 Å². The normalized spacial score (nSPS) is 19.7. The van der Waals surface area contributed by atoms with Crippen LogP contribution in [0, 0.1) is 0 Å². The molecule has 0 bridgehead atoms. The van der Waals surface area contributed by atoms with Crippen molar-refractivity contribution in [1.82, 2.24) is 9.97 Å². The number of sulfone groups is 1. The molecular weight excluding hydrogens is 312 g/mol. The minimum Gasteiger partial charge on any atom is -0.356 e. The Morgan fingerprint density at radius 1 is 1.22 bits per heavy atom. The van der Waals surface area contributed by atoms with Gasteiger partial charge in [0.05, 0.1) is 11.5 Å². The highest BCUT2D eigenvalue weighted by atomic mass is 32.2. The molecule has 0 saturated carbocycles. The van der Waals surface area contributed by atoms with E-state index in [9.17, 15) is 8.42 Å². The Morgan fingerprint density at radius 2 is 1.91 bits per heavy atom. The maximum absolute atomic E-state index is 11.8. The third-order valence-corrected chi connectivity index (χ3v) is 5.94. The zero-order valence-corrected chi connectivity index (χ0v) is 15.2. The molecule has 0 amide bonds. The second-order valence-electron chi connectivity index (χ2n) is 6.04. The van der Waals surface area contributed by atoms with Crippen molar-refractivity contribution in [3.63, 3.8) is 0 Å². The van der Waals surface area contributed by atoms with Crippen LogP contribution in [0.15, 0.2) is 12.3 Å². The van der Waals surface area contributed by atoms with Crippen LogP contribution in [0.3, 0.4) is 0 Å². The number of hydrogen-bond donors (Lipinski definition) is 0. The van der Waals surface area contributed by atoms with Crippen LogP contribution in [0.4, 0.5) is 11.8 Å². The van der Waals surface area contributed by atoms with Crippen molar-refractivity contribution in [3.8, 4) is 0 Å². The molecular formula is C16H28N4O2S.